The van der Waals surface area contributed by atoms with Crippen LogP contribution in [0, 0.1) is 17.8 Å². The SMILES string of the molecule is O=C1N[C@@H]2C3CCC(CC3)[C@H]12. The molecule has 2 heteroatoms. The molecule has 4 fully saturated rings. The van der Waals surface area contributed by atoms with Crippen LogP contribution in [0.15, 0.2) is 0 Å². The van der Waals surface area contributed by atoms with Crippen LogP contribution in [-0.4, -0.2) is 11.9 Å². The standard InChI is InChI=1S/C9H13NO/c11-9-7-5-1-3-6(4-2-5)8(7)10-9/h5-8H,1-4H2,(H,10,11)/t5?,6?,7-,8+/m0/s1. The Kier molecular flexibility index (Phi) is 0.984. The minimum Gasteiger partial charge on any atom is -0.352 e. The van der Waals surface area contributed by atoms with E-state index in [4.69, 9.17) is 0 Å². The summed E-state index contributed by atoms with van der Waals surface area (Å²) in [6.45, 7) is 0. The van der Waals surface area contributed by atoms with Crippen LogP contribution in [0.1, 0.15) is 25.7 Å². The molecule has 0 aromatic carbocycles. The molecule has 0 aromatic heterocycles. The first kappa shape index (κ1) is 6.04. The van der Waals surface area contributed by atoms with E-state index in [0.29, 0.717) is 17.9 Å². The highest BCUT2D eigenvalue weighted by atomic mass is 16.2. The number of carbonyl (C=O) groups is 1. The minimum absolute atomic E-state index is 0.337. The molecule has 60 valence electrons. The minimum atomic E-state index is 0.337. The normalized spacial score (nSPS) is 52.9. The average Bonchev–Trinajstić information content (AvgIpc) is 2.03. The van der Waals surface area contributed by atoms with Crippen molar-refractivity contribution in [3.05, 3.63) is 0 Å². The molecule has 1 heterocycles. The summed E-state index contributed by atoms with van der Waals surface area (Å²) in [5.74, 6) is 2.35. The van der Waals surface area contributed by atoms with Crippen molar-refractivity contribution < 1.29 is 4.79 Å². The van der Waals surface area contributed by atoms with Gasteiger partial charge in [-0.15, -0.1) is 0 Å². The van der Waals surface area contributed by atoms with Crippen molar-refractivity contribution in [2.45, 2.75) is 31.7 Å². The first-order chi connectivity index (χ1) is 5.36. The average molecular weight is 151 g/mol. The quantitative estimate of drug-likeness (QED) is 0.512. The van der Waals surface area contributed by atoms with Gasteiger partial charge in [-0.3, -0.25) is 4.79 Å². The fraction of sp³-hybridized carbons (Fsp3) is 0.889. The topological polar surface area (TPSA) is 29.1 Å². The lowest BCUT2D eigenvalue weighted by Crippen LogP contribution is -2.67. The Balaban J connectivity index is 1.91. The van der Waals surface area contributed by atoms with E-state index in [-0.39, 0.29) is 0 Å². The maximum absolute atomic E-state index is 11.1. The summed E-state index contributed by atoms with van der Waals surface area (Å²) in [4.78, 5) is 11.1. The molecule has 3 aliphatic carbocycles. The van der Waals surface area contributed by atoms with E-state index >= 15 is 0 Å². The van der Waals surface area contributed by atoms with Gasteiger partial charge in [-0.1, -0.05) is 0 Å². The zero-order valence-corrected chi connectivity index (χ0v) is 6.55. The Morgan fingerprint density at radius 1 is 1.09 bits per heavy atom. The smallest absolute Gasteiger partial charge is 0.225 e. The van der Waals surface area contributed by atoms with E-state index in [1.165, 1.54) is 25.7 Å². The Bertz CT molecular complexity index is 204. The number of carbonyl (C=O) groups excluding carboxylic acids is 1. The zero-order valence-electron chi connectivity index (χ0n) is 6.55. The number of amides is 1. The first-order valence-corrected chi connectivity index (χ1v) is 4.66. The van der Waals surface area contributed by atoms with Crippen molar-refractivity contribution in [1.82, 2.24) is 5.32 Å². The highest BCUT2D eigenvalue weighted by Crippen LogP contribution is 2.48. The third-order valence-corrected chi connectivity index (χ3v) is 3.83. The van der Waals surface area contributed by atoms with E-state index in [1.807, 2.05) is 0 Å². The lowest BCUT2D eigenvalue weighted by molar-refractivity contribution is -0.147. The molecule has 1 saturated heterocycles. The van der Waals surface area contributed by atoms with Crippen LogP contribution in [0.4, 0.5) is 0 Å². The predicted molar refractivity (Wildman–Crippen MR) is 40.9 cm³/mol. The van der Waals surface area contributed by atoms with Crippen LogP contribution >= 0.6 is 0 Å². The fourth-order valence-corrected chi connectivity index (χ4v) is 3.20. The molecule has 0 aromatic rings. The van der Waals surface area contributed by atoms with Crippen molar-refractivity contribution in [2.75, 3.05) is 0 Å². The molecule has 11 heavy (non-hydrogen) atoms. The fourth-order valence-electron chi connectivity index (χ4n) is 3.20. The third kappa shape index (κ3) is 0.608. The summed E-state index contributed by atoms with van der Waals surface area (Å²) >= 11 is 0. The molecule has 3 saturated carbocycles. The van der Waals surface area contributed by atoms with Gasteiger partial charge in [0.1, 0.15) is 0 Å². The van der Waals surface area contributed by atoms with E-state index in [1.54, 1.807) is 0 Å². The molecule has 1 amide bonds. The van der Waals surface area contributed by atoms with Gasteiger partial charge in [0.15, 0.2) is 0 Å². The van der Waals surface area contributed by atoms with Crippen LogP contribution in [0.3, 0.4) is 0 Å². The maximum Gasteiger partial charge on any atom is 0.225 e. The van der Waals surface area contributed by atoms with E-state index in [0.717, 1.165) is 11.8 Å². The molecule has 1 aliphatic heterocycles. The second kappa shape index (κ2) is 1.79. The number of β-lactam (4-membered cyclic amide) rings is 1. The molecule has 1 N–H and O–H groups in total. The molecule has 4 rings (SSSR count). The second-order valence-corrected chi connectivity index (χ2v) is 4.24. The van der Waals surface area contributed by atoms with Crippen molar-refractivity contribution in [2.24, 2.45) is 17.8 Å². The van der Waals surface area contributed by atoms with E-state index < -0.39 is 0 Å². The molecule has 2 nitrogen and oxygen atoms in total. The second-order valence-electron chi connectivity index (χ2n) is 4.24. The van der Waals surface area contributed by atoms with Gasteiger partial charge in [-0.25, -0.2) is 0 Å². The molecule has 0 unspecified atom stereocenters. The third-order valence-electron chi connectivity index (χ3n) is 3.83. The molecule has 0 spiro atoms. The van der Waals surface area contributed by atoms with Crippen molar-refractivity contribution in [1.29, 1.82) is 0 Å². The summed E-state index contributed by atoms with van der Waals surface area (Å²) in [7, 11) is 0. The van der Waals surface area contributed by atoms with Crippen LogP contribution in [0.25, 0.3) is 0 Å². The number of rotatable bonds is 0. The number of nitrogens with one attached hydrogen (secondary N) is 1. The van der Waals surface area contributed by atoms with Crippen molar-refractivity contribution in [3.63, 3.8) is 0 Å². The van der Waals surface area contributed by atoms with E-state index in [9.17, 15) is 4.79 Å². The van der Waals surface area contributed by atoms with Gasteiger partial charge >= 0.3 is 0 Å². The predicted octanol–water partition coefficient (Wildman–Crippen LogP) is 0.921. The van der Waals surface area contributed by atoms with Crippen LogP contribution in [-0.2, 0) is 4.79 Å². The van der Waals surface area contributed by atoms with Gasteiger partial charge in [0, 0.05) is 6.04 Å². The molecular formula is C9H13NO. The molecular weight excluding hydrogens is 138 g/mol. The lowest BCUT2D eigenvalue weighted by atomic mass is 9.58. The van der Waals surface area contributed by atoms with E-state index in [2.05, 4.69) is 5.32 Å². The Morgan fingerprint density at radius 2 is 1.73 bits per heavy atom. The number of hydrogen-bond donors (Lipinski definition) is 1. The number of hydrogen-bond acceptors (Lipinski definition) is 1. The first-order valence-electron chi connectivity index (χ1n) is 4.66. The molecule has 0 radical (unpaired) electrons. The van der Waals surface area contributed by atoms with Gasteiger partial charge < -0.3 is 5.32 Å². The van der Waals surface area contributed by atoms with Gasteiger partial charge in [0.05, 0.1) is 5.92 Å². The maximum atomic E-state index is 11.1. The highest BCUT2D eigenvalue weighted by molar-refractivity contribution is 5.86. The molecule has 4 aliphatic rings. The molecule has 2 bridgehead atoms. The molecule has 2 atom stereocenters. The van der Waals surface area contributed by atoms with Gasteiger partial charge in [-0.05, 0) is 37.5 Å². The highest BCUT2D eigenvalue weighted by Gasteiger charge is 2.53. The van der Waals surface area contributed by atoms with Crippen molar-refractivity contribution in [3.8, 4) is 0 Å². The van der Waals surface area contributed by atoms with Crippen LogP contribution < -0.4 is 5.32 Å². The lowest BCUT2D eigenvalue weighted by Gasteiger charge is -2.54. The number of fused-ring (bicyclic) bond motifs is 2. The summed E-state index contributed by atoms with van der Waals surface area (Å²) in [5, 5.41) is 3.04. The Morgan fingerprint density at radius 3 is 2.18 bits per heavy atom. The Hall–Kier alpha value is -0.530. The van der Waals surface area contributed by atoms with Crippen LogP contribution in [0.5, 0.6) is 0 Å². The van der Waals surface area contributed by atoms with Crippen molar-refractivity contribution >= 4 is 5.91 Å². The largest absolute Gasteiger partial charge is 0.352 e. The summed E-state index contributed by atoms with van der Waals surface area (Å²) in [5.41, 5.74) is 0. The van der Waals surface area contributed by atoms with Gasteiger partial charge in [0.2, 0.25) is 5.91 Å². The Labute approximate surface area is 66.4 Å². The summed E-state index contributed by atoms with van der Waals surface area (Å²) in [6, 6.07) is 0.593. The zero-order chi connectivity index (χ0) is 7.42. The van der Waals surface area contributed by atoms with Gasteiger partial charge in [-0.2, -0.15) is 0 Å². The summed E-state index contributed by atoms with van der Waals surface area (Å²) < 4.78 is 0. The van der Waals surface area contributed by atoms with Crippen LogP contribution in [0.2, 0.25) is 0 Å². The van der Waals surface area contributed by atoms with Gasteiger partial charge in [0.25, 0.3) is 0 Å². The monoisotopic (exact) mass is 151 g/mol. The summed E-state index contributed by atoms with van der Waals surface area (Å²) in [6.07, 6.45) is 5.37.